The molecule has 0 fully saturated rings. The number of aryl methyl sites for hydroxylation is 1. The van der Waals surface area contributed by atoms with Gasteiger partial charge < -0.3 is 9.84 Å². The lowest BCUT2D eigenvalue weighted by Crippen LogP contribution is -1.96. The highest BCUT2D eigenvalue weighted by Crippen LogP contribution is 2.25. The van der Waals surface area contributed by atoms with Crippen molar-refractivity contribution < 1.29 is 9.84 Å². The van der Waals surface area contributed by atoms with Gasteiger partial charge in [-0.25, -0.2) is 0 Å². The number of halogens is 1. The van der Waals surface area contributed by atoms with Crippen molar-refractivity contribution in [1.82, 2.24) is 0 Å². The Hall–Kier alpha value is -2.26. The number of hydrogen-bond acceptors (Lipinski definition) is 2. The smallest absolute Gasteiger partial charge is 0.161 e. The Kier molecular flexibility index (Phi) is 8.06. The van der Waals surface area contributed by atoms with Crippen molar-refractivity contribution in [2.75, 3.05) is 0 Å². The highest BCUT2D eigenvalue weighted by Gasteiger charge is 2.01. The fraction of sp³-hybridized carbons (Fsp3) is 0.182. The van der Waals surface area contributed by atoms with E-state index in [0.29, 0.717) is 12.4 Å². The van der Waals surface area contributed by atoms with Crippen LogP contribution < -0.4 is 4.74 Å². The van der Waals surface area contributed by atoms with E-state index in [4.69, 9.17) is 4.74 Å². The summed E-state index contributed by atoms with van der Waals surface area (Å²) in [6.07, 6.45) is 1.02. The summed E-state index contributed by atoms with van der Waals surface area (Å²) in [6.45, 7) is 2.61. The Morgan fingerprint density at radius 2 is 1.44 bits per heavy atom. The molecule has 0 amide bonds. The van der Waals surface area contributed by atoms with E-state index in [-0.39, 0.29) is 5.75 Å². The van der Waals surface area contributed by atoms with Gasteiger partial charge in [0.2, 0.25) is 0 Å². The summed E-state index contributed by atoms with van der Waals surface area (Å²) in [5, 5.41) is 10.5. The summed E-state index contributed by atoms with van der Waals surface area (Å²) in [7, 11) is 0. The minimum absolute atomic E-state index is 0.180. The van der Waals surface area contributed by atoms with E-state index in [9.17, 15) is 5.11 Å². The molecule has 0 aliphatic carbocycles. The van der Waals surface area contributed by atoms with Crippen LogP contribution in [0.1, 0.15) is 23.6 Å². The number of para-hydroxylation sites is 2. The molecule has 0 bridgehead atoms. The first-order valence-corrected chi connectivity index (χ1v) is 9.43. The lowest BCUT2D eigenvalue weighted by atomic mass is 10.1. The van der Waals surface area contributed by atoms with Crippen molar-refractivity contribution in [2.24, 2.45) is 0 Å². The topological polar surface area (TPSA) is 29.5 Å². The molecule has 25 heavy (non-hydrogen) atoms. The van der Waals surface area contributed by atoms with Gasteiger partial charge in [0, 0.05) is 5.33 Å². The molecular formula is C22H23BrO2. The van der Waals surface area contributed by atoms with Crippen LogP contribution in [0.3, 0.4) is 0 Å². The third-order valence-corrected chi connectivity index (χ3v) is 4.30. The van der Waals surface area contributed by atoms with E-state index in [1.165, 1.54) is 11.1 Å². The molecule has 0 aliphatic heterocycles. The van der Waals surface area contributed by atoms with Crippen LogP contribution in [0.15, 0.2) is 78.9 Å². The molecule has 3 aromatic carbocycles. The fourth-order valence-corrected chi connectivity index (χ4v) is 2.62. The molecule has 0 radical (unpaired) electrons. The minimum Gasteiger partial charge on any atom is -0.504 e. The van der Waals surface area contributed by atoms with E-state index in [1.807, 2.05) is 36.4 Å². The number of hydrogen-bond donors (Lipinski definition) is 1. The Morgan fingerprint density at radius 1 is 0.800 bits per heavy atom. The zero-order chi connectivity index (χ0) is 17.9. The zero-order valence-corrected chi connectivity index (χ0v) is 15.9. The molecule has 0 saturated carbocycles. The van der Waals surface area contributed by atoms with Gasteiger partial charge in [-0.15, -0.1) is 0 Å². The molecule has 0 heterocycles. The van der Waals surface area contributed by atoms with Crippen LogP contribution in [0.5, 0.6) is 11.5 Å². The predicted octanol–water partition coefficient (Wildman–Crippen LogP) is 6.12. The molecule has 0 aliphatic rings. The maximum Gasteiger partial charge on any atom is 0.161 e. The van der Waals surface area contributed by atoms with E-state index in [2.05, 4.69) is 47.1 Å². The summed E-state index contributed by atoms with van der Waals surface area (Å²) in [6, 6.07) is 25.6. The molecular weight excluding hydrogens is 376 g/mol. The first-order valence-electron chi connectivity index (χ1n) is 8.31. The summed E-state index contributed by atoms with van der Waals surface area (Å²) in [5.74, 6) is 0.702. The molecule has 0 saturated heterocycles. The van der Waals surface area contributed by atoms with E-state index in [0.717, 1.165) is 17.3 Å². The average molecular weight is 399 g/mol. The maximum atomic E-state index is 9.56. The molecule has 2 nitrogen and oxygen atoms in total. The second-order valence-corrected chi connectivity index (χ2v) is 6.11. The summed E-state index contributed by atoms with van der Waals surface area (Å²) in [4.78, 5) is 0. The number of ether oxygens (including phenoxy) is 1. The van der Waals surface area contributed by atoms with Gasteiger partial charge in [0.05, 0.1) is 0 Å². The van der Waals surface area contributed by atoms with Crippen LogP contribution in [0.25, 0.3) is 0 Å². The van der Waals surface area contributed by atoms with Crippen LogP contribution in [0.2, 0.25) is 0 Å². The Balaban J connectivity index is 0.000000236. The van der Waals surface area contributed by atoms with Crippen LogP contribution in [-0.4, -0.2) is 5.11 Å². The Morgan fingerprint density at radius 3 is 2.08 bits per heavy atom. The first kappa shape index (κ1) is 19.1. The zero-order valence-electron chi connectivity index (χ0n) is 14.4. The molecule has 0 atom stereocenters. The number of rotatable bonds is 5. The normalized spacial score (nSPS) is 9.84. The van der Waals surface area contributed by atoms with Gasteiger partial charge in [0.25, 0.3) is 0 Å². The van der Waals surface area contributed by atoms with E-state index < -0.39 is 0 Å². The second-order valence-electron chi connectivity index (χ2n) is 5.55. The van der Waals surface area contributed by atoms with Crippen molar-refractivity contribution in [2.45, 2.75) is 25.3 Å². The van der Waals surface area contributed by atoms with Crippen molar-refractivity contribution in [3.05, 3.63) is 95.6 Å². The number of phenols is 1. The highest BCUT2D eigenvalue weighted by atomic mass is 79.9. The van der Waals surface area contributed by atoms with Crippen LogP contribution in [0.4, 0.5) is 0 Å². The van der Waals surface area contributed by atoms with Crippen molar-refractivity contribution in [3.63, 3.8) is 0 Å². The summed E-state index contributed by atoms with van der Waals surface area (Å²) >= 11 is 3.36. The maximum absolute atomic E-state index is 9.56. The number of alkyl halides is 1. The Bertz CT molecular complexity index is 757. The SMILES string of the molecule is BrCc1ccccc1.CCc1cccc(COc2ccccc2O)c1. The molecule has 3 aromatic rings. The lowest BCUT2D eigenvalue weighted by molar-refractivity contribution is 0.289. The van der Waals surface area contributed by atoms with Crippen LogP contribution in [-0.2, 0) is 18.4 Å². The largest absolute Gasteiger partial charge is 0.504 e. The fourth-order valence-electron chi connectivity index (χ4n) is 2.25. The number of benzene rings is 3. The standard InChI is InChI=1S/C15H16O2.C7H7Br/c1-2-12-6-5-7-13(10-12)11-17-15-9-4-3-8-14(15)16;8-6-7-4-2-1-3-5-7/h3-10,16H,2,11H2,1H3;1-5H,6H2. The molecule has 130 valence electrons. The van der Waals surface area contributed by atoms with Gasteiger partial charge in [0.15, 0.2) is 11.5 Å². The van der Waals surface area contributed by atoms with Gasteiger partial charge in [-0.1, -0.05) is 89.6 Å². The molecule has 3 rings (SSSR count). The molecule has 0 aromatic heterocycles. The lowest BCUT2D eigenvalue weighted by Gasteiger charge is -2.08. The van der Waals surface area contributed by atoms with Gasteiger partial charge in [-0.05, 0) is 35.2 Å². The first-order chi connectivity index (χ1) is 12.2. The molecule has 0 spiro atoms. The molecule has 0 unspecified atom stereocenters. The van der Waals surface area contributed by atoms with Gasteiger partial charge in [-0.2, -0.15) is 0 Å². The monoisotopic (exact) mass is 398 g/mol. The number of phenolic OH excluding ortho intramolecular Hbond substituents is 1. The van der Waals surface area contributed by atoms with Crippen LogP contribution in [0, 0.1) is 0 Å². The minimum atomic E-state index is 0.180. The quantitative estimate of drug-likeness (QED) is 0.524. The molecule has 3 heteroatoms. The van der Waals surface area contributed by atoms with Gasteiger partial charge in [0.1, 0.15) is 6.61 Å². The number of aromatic hydroxyl groups is 1. The van der Waals surface area contributed by atoms with E-state index in [1.54, 1.807) is 18.2 Å². The van der Waals surface area contributed by atoms with Crippen molar-refractivity contribution >= 4 is 15.9 Å². The third-order valence-electron chi connectivity index (χ3n) is 3.66. The average Bonchev–Trinajstić information content (AvgIpc) is 2.68. The van der Waals surface area contributed by atoms with Crippen molar-refractivity contribution in [3.8, 4) is 11.5 Å². The van der Waals surface area contributed by atoms with Crippen LogP contribution >= 0.6 is 15.9 Å². The second kappa shape index (κ2) is 10.6. The van der Waals surface area contributed by atoms with Gasteiger partial charge >= 0.3 is 0 Å². The summed E-state index contributed by atoms with van der Waals surface area (Å²) < 4.78 is 5.57. The molecule has 1 N–H and O–H groups in total. The highest BCUT2D eigenvalue weighted by molar-refractivity contribution is 9.08. The predicted molar refractivity (Wildman–Crippen MR) is 107 cm³/mol. The third kappa shape index (κ3) is 6.63. The van der Waals surface area contributed by atoms with E-state index >= 15 is 0 Å². The Labute approximate surface area is 158 Å². The van der Waals surface area contributed by atoms with Crippen molar-refractivity contribution in [1.29, 1.82) is 0 Å². The van der Waals surface area contributed by atoms with Gasteiger partial charge in [-0.3, -0.25) is 0 Å². The summed E-state index contributed by atoms with van der Waals surface area (Å²) in [5.41, 5.74) is 3.74.